The van der Waals surface area contributed by atoms with Crippen molar-refractivity contribution in [3.05, 3.63) is 75.5 Å². The Morgan fingerprint density at radius 2 is 1.92 bits per heavy atom. The first-order chi connectivity index (χ1) is 11.6. The molecule has 0 aliphatic carbocycles. The molecule has 0 aliphatic heterocycles. The van der Waals surface area contributed by atoms with E-state index >= 15 is 0 Å². The lowest BCUT2D eigenvalue weighted by Crippen LogP contribution is -2.04. The third kappa shape index (κ3) is 2.93. The third-order valence-electron chi connectivity index (χ3n) is 3.98. The highest BCUT2D eigenvalue weighted by Gasteiger charge is 2.23. The molecule has 0 saturated heterocycles. The highest BCUT2D eigenvalue weighted by Crippen LogP contribution is 2.32. The molecule has 5 nitrogen and oxygen atoms in total. The molecule has 0 spiro atoms. The maximum Gasteiger partial charge on any atom is 0.270 e. The summed E-state index contributed by atoms with van der Waals surface area (Å²) in [7, 11) is 0. The van der Waals surface area contributed by atoms with Gasteiger partial charge in [0.05, 0.1) is 10.5 Å². The number of benzene rings is 2. The molecule has 0 aliphatic rings. The van der Waals surface area contributed by atoms with E-state index in [1.807, 2.05) is 6.07 Å². The molecule has 5 heteroatoms. The first-order valence-electron chi connectivity index (χ1n) is 7.91. The zero-order valence-electron chi connectivity index (χ0n) is 13.3. The molecular weight excluding hydrogens is 306 g/mol. The van der Waals surface area contributed by atoms with E-state index in [2.05, 4.69) is 6.92 Å². The van der Waals surface area contributed by atoms with Crippen LogP contribution in [-0.2, 0) is 6.42 Å². The Morgan fingerprint density at radius 3 is 2.58 bits per heavy atom. The van der Waals surface area contributed by atoms with Crippen molar-refractivity contribution in [2.24, 2.45) is 0 Å². The van der Waals surface area contributed by atoms with Gasteiger partial charge in [-0.15, -0.1) is 0 Å². The molecule has 1 aromatic heterocycles. The fourth-order valence-corrected chi connectivity index (χ4v) is 2.75. The van der Waals surface area contributed by atoms with Crippen LogP contribution >= 0.6 is 0 Å². The van der Waals surface area contributed by atoms with Gasteiger partial charge in [0, 0.05) is 29.5 Å². The zero-order chi connectivity index (χ0) is 17.1. The van der Waals surface area contributed by atoms with Gasteiger partial charge in [0.2, 0.25) is 0 Å². The standard InChI is InChI=1S/C19H17NO4/c1-2-3-9-17-18(19(21)13-7-5-4-6-8-13)15-12-14(20(22)23)10-11-16(15)24-17/h4-8,10-12H,2-3,9H2,1H3. The van der Waals surface area contributed by atoms with E-state index in [0.717, 1.165) is 12.8 Å². The summed E-state index contributed by atoms with van der Waals surface area (Å²) in [6.07, 6.45) is 2.49. The molecule has 1 heterocycles. The van der Waals surface area contributed by atoms with Crippen molar-refractivity contribution in [2.45, 2.75) is 26.2 Å². The van der Waals surface area contributed by atoms with Crippen molar-refractivity contribution in [3.8, 4) is 0 Å². The Hall–Kier alpha value is -2.95. The largest absolute Gasteiger partial charge is 0.460 e. The predicted octanol–water partition coefficient (Wildman–Crippen LogP) is 4.91. The number of furan rings is 1. The maximum absolute atomic E-state index is 13.0. The lowest BCUT2D eigenvalue weighted by Gasteiger charge is -2.02. The summed E-state index contributed by atoms with van der Waals surface area (Å²) in [5, 5.41) is 11.6. The van der Waals surface area contributed by atoms with Crippen LogP contribution in [0.4, 0.5) is 5.69 Å². The highest BCUT2D eigenvalue weighted by atomic mass is 16.6. The Labute approximate surface area is 139 Å². The summed E-state index contributed by atoms with van der Waals surface area (Å²) in [5.74, 6) is 0.433. The van der Waals surface area contributed by atoms with Crippen molar-refractivity contribution in [1.29, 1.82) is 0 Å². The van der Waals surface area contributed by atoms with Gasteiger partial charge in [-0.1, -0.05) is 43.7 Å². The van der Waals surface area contributed by atoms with Gasteiger partial charge >= 0.3 is 0 Å². The van der Waals surface area contributed by atoms with Gasteiger partial charge in [-0.2, -0.15) is 0 Å². The molecular formula is C19H17NO4. The van der Waals surface area contributed by atoms with Gasteiger partial charge in [-0.3, -0.25) is 14.9 Å². The molecule has 0 N–H and O–H groups in total. The van der Waals surface area contributed by atoms with Crippen LogP contribution in [-0.4, -0.2) is 10.7 Å². The molecule has 0 bridgehead atoms. The van der Waals surface area contributed by atoms with Crippen LogP contribution in [0.1, 0.15) is 41.4 Å². The fourth-order valence-electron chi connectivity index (χ4n) is 2.75. The molecule has 24 heavy (non-hydrogen) atoms. The summed E-state index contributed by atoms with van der Waals surface area (Å²) in [6, 6.07) is 13.3. The first-order valence-corrected chi connectivity index (χ1v) is 7.91. The van der Waals surface area contributed by atoms with Crippen LogP contribution in [0.25, 0.3) is 11.0 Å². The number of rotatable bonds is 6. The second-order valence-corrected chi connectivity index (χ2v) is 5.64. The van der Waals surface area contributed by atoms with Gasteiger partial charge in [0.1, 0.15) is 11.3 Å². The minimum absolute atomic E-state index is 0.0487. The van der Waals surface area contributed by atoms with Crippen molar-refractivity contribution in [2.75, 3.05) is 0 Å². The second kappa shape index (κ2) is 6.66. The number of non-ortho nitro benzene ring substituents is 1. The van der Waals surface area contributed by atoms with E-state index < -0.39 is 4.92 Å². The monoisotopic (exact) mass is 323 g/mol. The quantitative estimate of drug-likeness (QED) is 0.367. The normalized spacial score (nSPS) is 10.9. The van der Waals surface area contributed by atoms with Crippen LogP contribution in [0.2, 0.25) is 0 Å². The zero-order valence-corrected chi connectivity index (χ0v) is 13.3. The number of nitro benzene ring substituents is 1. The number of carbonyl (C=O) groups excluding carboxylic acids is 1. The van der Waals surface area contributed by atoms with Crippen LogP contribution in [0.5, 0.6) is 0 Å². The number of ketones is 1. The number of nitrogens with zero attached hydrogens (tertiary/aromatic N) is 1. The summed E-state index contributed by atoms with van der Waals surface area (Å²) in [6.45, 7) is 2.06. The van der Waals surface area contributed by atoms with Gasteiger partial charge < -0.3 is 4.42 Å². The second-order valence-electron chi connectivity index (χ2n) is 5.64. The topological polar surface area (TPSA) is 73.3 Å². The van der Waals surface area contributed by atoms with Crippen LogP contribution in [0, 0.1) is 10.1 Å². The summed E-state index contributed by atoms with van der Waals surface area (Å²) in [5.41, 5.74) is 1.44. The number of aryl methyl sites for hydroxylation is 1. The van der Waals surface area contributed by atoms with Crippen LogP contribution < -0.4 is 0 Å². The molecule has 3 rings (SSSR count). The molecule has 0 atom stereocenters. The summed E-state index contributed by atoms with van der Waals surface area (Å²) >= 11 is 0. The number of hydrogen-bond acceptors (Lipinski definition) is 4. The molecule has 122 valence electrons. The first kappa shape index (κ1) is 15.9. The molecule has 0 radical (unpaired) electrons. The van der Waals surface area contributed by atoms with Crippen molar-refractivity contribution < 1.29 is 14.1 Å². The van der Waals surface area contributed by atoms with Gasteiger partial charge in [0.25, 0.3) is 5.69 Å². The minimum Gasteiger partial charge on any atom is -0.460 e. The highest BCUT2D eigenvalue weighted by molar-refractivity contribution is 6.17. The van der Waals surface area contributed by atoms with Gasteiger partial charge in [-0.25, -0.2) is 0 Å². The Balaban J connectivity index is 2.19. The van der Waals surface area contributed by atoms with E-state index in [1.54, 1.807) is 30.3 Å². The number of carbonyl (C=O) groups is 1. The van der Waals surface area contributed by atoms with E-state index in [0.29, 0.717) is 34.3 Å². The molecule has 0 amide bonds. The van der Waals surface area contributed by atoms with E-state index in [-0.39, 0.29) is 11.5 Å². The van der Waals surface area contributed by atoms with Crippen molar-refractivity contribution in [3.63, 3.8) is 0 Å². The van der Waals surface area contributed by atoms with Crippen molar-refractivity contribution in [1.82, 2.24) is 0 Å². The smallest absolute Gasteiger partial charge is 0.270 e. The van der Waals surface area contributed by atoms with Crippen LogP contribution in [0.15, 0.2) is 52.9 Å². The fraction of sp³-hybridized carbons (Fsp3) is 0.211. The average Bonchev–Trinajstić information content (AvgIpc) is 2.97. The summed E-state index contributed by atoms with van der Waals surface area (Å²) < 4.78 is 5.84. The van der Waals surface area contributed by atoms with Crippen LogP contribution in [0.3, 0.4) is 0 Å². The molecule has 2 aromatic carbocycles. The Morgan fingerprint density at radius 1 is 1.17 bits per heavy atom. The number of unbranched alkanes of at least 4 members (excludes halogenated alkanes) is 1. The molecule has 0 saturated carbocycles. The van der Waals surface area contributed by atoms with Gasteiger partial charge in [0.15, 0.2) is 5.78 Å². The number of nitro groups is 1. The predicted molar refractivity (Wildman–Crippen MR) is 91.4 cm³/mol. The minimum atomic E-state index is -0.463. The third-order valence-corrected chi connectivity index (χ3v) is 3.98. The number of hydrogen-bond donors (Lipinski definition) is 0. The van der Waals surface area contributed by atoms with E-state index in [1.165, 1.54) is 12.1 Å². The SMILES string of the molecule is CCCCc1oc2ccc([N+](=O)[O-])cc2c1C(=O)c1ccccc1. The van der Waals surface area contributed by atoms with Gasteiger partial charge in [-0.05, 0) is 12.5 Å². The Kier molecular flexibility index (Phi) is 4.42. The number of fused-ring (bicyclic) bond motifs is 1. The molecule has 0 unspecified atom stereocenters. The molecule has 3 aromatic rings. The lowest BCUT2D eigenvalue weighted by atomic mass is 9.98. The lowest BCUT2D eigenvalue weighted by molar-refractivity contribution is -0.384. The van der Waals surface area contributed by atoms with Crippen molar-refractivity contribution >= 4 is 22.4 Å². The maximum atomic E-state index is 13.0. The van der Waals surface area contributed by atoms with E-state index in [9.17, 15) is 14.9 Å². The average molecular weight is 323 g/mol. The molecule has 0 fully saturated rings. The summed E-state index contributed by atoms with van der Waals surface area (Å²) in [4.78, 5) is 23.6. The Bertz CT molecular complexity index is 896. The van der Waals surface area contributed by atoms with E-state index in [4.69, 9.17) is 4.42 Å².